The number of halogens is 3. The second-order valence-electron chi connectivity index (χ2n) is 6.68. The normalized spacial score (nSPS) is 14.3. The van der Waals surface area contributed by atoms with E-state index in [1.807, 2.05) is 24.3 Å². The maximum absolute atomic E-state index is 12.7. The largest absolute Gasteiger partial charge is 0.416 e. The molecule has 0 spiro atoms. The second-order valence-corrected chi connectivity index (χ2v) is 6.68. The van der Waals surface area contributed by atoms with Crippen molar-refractivity contribution in [1.82, 2.24) is 4.98 Å². The maximum atomic E-state index is 12.7. The van der Waals surface area contributed by atoms with Crippen LogP contribution in [0.2, 0.25) is 0 Å². The van der Waals surface area contributed by atoms with Gasteiger partial charge in [0.25, 0.3) is 0 Å². The van der Waals surface area contributed by atoms with Crippen molar-refractivity contribution in [3.63, 3.8) is 0 Å². The first kappa shape index (κ1) is 16.9. The summed E-state index contributed by atoms with van der Waals surface area (Å²) in [5, 5.41) is 4.54. The highest BCUT2D eigenvalue weighted by Crippen LogP contribution is 2.34. The number of aryl methyl sites for hydroxylation is 1. The lowest BCUT2D eigenvalue weighted by Crippen LogP contribution is -2.11. The van der Waals surface area contributed by atoms with E-state index in [4.69, 9.17) is 4.98 Å². The zero-order chi connectivity index (χ0) is 18.1. The van der Waals surface area contributed by atoms with E-state index in [-0.39, 0.29) is 0 Å². The molecule has 0 aliphatic heterocycles. The molecule has 3 aromatic rings. The molecule has 1 aliphatic rings. The molecule has 1 aromatic heterocycles. The Balaban J connectivity index is 1.65. The molecule has 0 radical (unpaired) electrons. The molecule has 2 aromatic carbocycles. The number of hydrogen-bond acceptors (Lipinski definition) is 2. The van der Waals surface area contributed by atoms with Crippen molar-refractivity contribution in [2.45, 2.75) is 38.4 Å². The average molecular weight is 356 g/mol. The number of benzene rings is 2. The molecule has 1 aliphatic carbocycles. The van der Waals surface area contributed by atoms with Gasteiger partial charge in [0.1, 0.15) is 0 Å². The quantitative estimate of drug-likeness (QED) is 0.647. The van der Waals surface area contributed by atoms with E-state index in [9.17, 15) is 13.2 Å². The summed E-state index contributed by atoms with van der Waals surface area (Å²) in [4.78, 5) is 4.81. The number of pyridine rings is 1. The van der Waals surface area contributed by atoms with Crippen molar-refractivity contribution in [2.75, 3.05) is 5.32 Å². The number of aromatic nitrogens is 1. The molecule has 0 saturated carbocycles. The summed E-state index contributed by atoms with van der Waals surface area (Å²) in [7, 11) is 0. The Morgan fingerprint density at radius 2 is 1.65 bits per heavy atom. The first-order chi connectivity index (χ1) is 12.5. The number of fused-ring (bicyclic) bond motifs is 2. The van der Waals surface area contributed by atoms with E-state index < -0.39 is 11.7 Å². The van der Waals surface area contributed by atoms with E-state index >= 15 is 0 Å². The second kappa shape index (κ2) is 6.63. The van der Waals surface area contributed by atoms with Crippen LogP contribution in [0.3, 0.4) is 0 Å². The number of alkyl halides is 3. The molecule has 5 heteroatoms. The van der Waals surface area contributed by atoms with Crippen LogP contribution >= 0.6 is 0 Å². The van der Waals surface area contributed by atoms with Gasteiger partial charge in [0, 0.05) is 23.3 Å². The maximum Gasteiger partial charge on any atom is 0.416 e. The summed E-state index contributed by atoms with van der Waals surface area (Å²) >= 11 is 0. The number of hydrogen-bond donors (Lipinski definition) is 1. The van der Waals surface area contributed by atoms with Gasteiger partial charge >= 0.3 is 6.18 Å². The number of nitrogens with one attached hydrogen (secondary N) is 1. The fraction of sp³-hybridized carbons (Fsp3) is 0.286. The summed E-state index contributed by atoms with van der Waals surface area (Å²) in [6.45, 7) is 0.485. The monoisotopic (exact) mass is 356 g/mol. The zero-order valence-corrected chi connectivity index (χ0v) is 14.2. The van der Waals surface area contributed by atoms with Gasteiger partial charge in [-0.05, 0) is 55.0 Å². The molecule has 0 fully saturated rings. The Morgan fingerprint density at radius 3 is 2.42 bits per heavy atom. The molecule has 0 unspecified atom stereocenters. The molecule has 0 bridgehead atoms. The third-order valence-electron chi connectivity index (χ3n) is 4.92. The lowest BCUT2D eigenvalue weighted by molar-refractivity contribution is -0.137. The van der Waals surface area contributed by atoms with Crippen LogP contribution in [-0.4, -0.2) is 4.98 Å². The standard InChI is InChI=1S/C21H19F3N2/c22-21(23,24)15-11-9-14(10-12-15)13-25-20-16-5-1-3-7-18(16)26-19-8-4-2-6-17(19)20/h1,3,5,7,9-12H,2,4,6,8,13H2,(H,25,26). The minimum Gasteiger partial charge on any atom is -0.380 e. The smallest absolute Gasteiger partial charge is 0.380 e. The molecule has 2 nitrogen and oxygen atoms in total. The van der Waals surface area contributed by atoms with Crippen LogP contribution in [0.4, 0.5) is 18.9 Å². The van der Waals surface area contributed by atoms with Gasteiger partial charge in [-0.3, -0.25) is 4.98 Å². The van der Waals surface area contributed by atoms with Gasteiger partial charge in [-0.15, -0.1) is 0 Å². The molecule has 26 heavy (non-hydrogen) atoms. The lowest BCUT2D eigenvalue weighted by atomic mass is 9.92. The SMILES string of the molecule is FC(F)(F)c1ccc(CNc2c3c(nc4ccccc24)CCCC3)cc1. The highest BCUT2D eigenvalue weighted by molar-refractivity contribution is 5.93. The van der Waals surface area contributed by atoms with Gasteiger partial charge in [-0.25, -0.2) is 0 Å². The first-order valence-corrected chi connectivity index (χ1v) is 8.83. The number of anilines is 1. The number of rotatable bonds is 3. The molecule has 134 valence electrons. The van der Waals surface area contributed by atoms with Crippen molar-refractivity contribution >= 4 is 16.6 Å². The Hall–Kier alpha value is -2.56. The summed E-state index contributed by atoms with van der Waals surface area (Å²) in [6.07, 6.45) is -0.0391. The number of para-hydroxylation sites is 1. The Kier molecular flexibility index (Phi) is 4.31. The minimum atomic E-state index is -4.30. The molecule has 4 rings (SSSR count). The third kappa shape index (κ3) is 3.26. The van der Waals surface area contributed by atoms with Gasteiger partial charge in [-0.1, -0.05) is 30.3 Å². The van der Waals surface area contributed by atoms with E-state index in [2.05, 4.69) is 5.32 Å². The average Bonchev–Trinajstić information content (AvgIpc) is 2.65. The van der Waals surface area contributed by atoms with Gasteiger partial charge in [0.2, 0.25) is 0 Å². The van der Waals surface area contributed by atoms with Crippen LogP contribution in [0.1, 0.15) is 35.2 Å². The van der Waals surface area contributed by atoms with Crippen LogP contribution in [0, 0.1) is 0 Å². The van der Waals surface area contributed by atoms with E-state index in [0.29, 0.717) is 6.54 Å². The molecule has 1 N–H and O–H groups in total. The van der Waals surface area contributed by atoms with Gasteiger partial charge in [-0.2, -0.15) is 13.2 Å². The van der Waals surface area contributed by atoms with Gasteiger partial charge in [0.15, 0.2) is 0 Å². The predicted molar refractivity (Wildman–Crippen MR) is 97.2 cm³/mol. The summed E-state index contributed by atoms with van der Waals surface area (Å²) < 4.78 is 38.1. The Bertz CT molecular complexity index is 930. The summed E-state index contributed by atoms with van der Waals surface area (Å²) in [5.74, 6) is 0. The van der Waals surface area contributed by atoms with E-state index in [1.165, 1.54) is 17.7 Å². The van der Waals surface area contributed by atoms with Crippen molar-refractivity contribution in [1.29, 1.82) is 0 Å². The lowest BCUT2D eigenvalue weighted by Gasteiger charge is -2.21. The van der Waals surface area contributed by atoms with Crippen LogP contribution in [-0.2, 0) is 25.6 Å². The van der Waals surface area contributed by atoms with Crippen molar-refractivity contribution < 1.29 is 13.2 Å². The van der Waals surface area contributed by atoms with Crippen molar-refractivity contribution in [3.05, 3.63) is 70.9 Å². The van der Waals surface area contributed by atoms with Crippen molar-refractivity contribution in [2.24, 2.45) is 0 Å². The molecule has 1 heterocycles. The molecule has 0 saturated heterocycles. The zero-order valence-electron chi connectivity index (χ0n) is 14.2. The number of nitrogens with zero attached hydrogens (tertiary/aromatic N) is 1. The fourth-order valence-corrected chi connectivity index (χ4v) is 3.58. The van der Waals surface area contributed by atoms with Crippen LogP contribution < -0.4 is 5.32 Å². The third-order valence-corrected chi connectivity index (χ3v) is 4.92. The minimum absolute atomic E-state index is 0.485. The Labute approximate surface area is 150 Å². The van der Waals surface area contributed by atoms with Crippen molar-refractivity contribution in [3.8, 4) is 0 Å². The predicted octanol–water partition coefficient (Wildman–Crippen LogP) is 5.74. The highest BCUT2D eigenvalue weighted by Gasteiger charge is 2.29. The van der Waals surface area contributed by atoms with E-state index in [0.717, 1.165) is 65.7 Å². The van der Waals surface area contributed by atoms with Gasteiger partial charge < -0.3 is 5.32 Å². The first-order valence-electron chi connectivity index (χ1n) is 8.83. The Morgan fingerprint density at radius 1 is 0.923 bits per heavy atom. The fourth-order valence-electron chi connectivity index (χ4n) is 3.58. The molecular weight excluding hydrogens is 337 g/mol. The topological polar surface area (TPSA) is 24.9 Å². The van der Waals surface area contributed by atoms with Crippen LogP contribution in [0.5, 0.6) is 0 Å². The molecular formula is C21H19F3N2. The van der Waals surface area contributed by atoms with Gasteiger partial charge in [0.05, 0.1) is 11.1 Å². The van der Waals surface area contributed by atoms with Crippen LogP contribution in [0.15, 0.2) is 48.5 Å². The van der Waals surface area contributed by atoms with E-state index in [1.54, 1.807) is 0 Å². The van der Waals surface area contributed by atoms with Crippen LogP contribution in [0.25, 0.3) is 10.9 Å². The summed E-state index contributed by atoms with van der Waals surface area (Å²) in [5.41, 5.74) is 4.64. The molecule has 0 atom stereocenters. The summed E-state index contributed by atoms with van der Waals surface area (Å²) in [6, 6.07) is 13.4. The molecule has 0 amide bonds. The highest BCUT2D eigenvalue weighted by atomic mass is 19.4.